The second kappa shape index (κ2) is 13.1. The van der Waals surface area contributed by atoms with Gasteiger partial charge in [0.15, 0.2) is 6.29 Å². The Morgan fingerprint density at radius 1 is 0.976 bits per heavy atom. The maximum atomic E-state index is 13.0. The number of aliphatic hydroxyl groups excluding tert-OH is 2. The van der Waals surface area contributed by atoms with Crippen LogP contribution in [0.3, 0.4) is 0 Å². The lowest BCUT2D eigenvalue weighted by Gasteiger charge is -2.38. The molecule has 3 aliphatic rings. The molecule has 0 unspecified atom stereocenters. The predicted molar refractivity (Wildman–Crippen MR) is 146 cm³/mol. The average molecular weight is 592 g/mol. The van der Waals surface area contributed by atoms with E-state index in [9.17, 15) is 33.0 Å². The summed E-state index contributed by atoms with van der Waals surface area (Å²) >= 11 is 0. The number of alkyl halides is 3. The highest BCUT2D eigenvalue weighted by Gasteiger charge is 2.47. The lowest BCUT2D eigenvalue weighted by atomic mass is 9.99. The van der Waals surface area contributed by atoms with Gasteiger partial charge in [-0.1, -0.05) is 36.4 Å². The normalized spacial score (nSPS) is 26.9. The molecule has 0 bridgehead atoms. The van der Waals surface area contributed by atoms with Crippen LogP contribution in [-0.2, 0) is 25.7 Å². The van der Waals surface area contributed by atoms with Crippen molar-refractivity contribution in [3.05, 3.63) is 65.2 Å². The number of hydrogen-bond acceptors (Lipinski definition) is 7. The van der Waals surface area contributed by atoms with Crippen molar-refractivity contribution in [3.8, 4) is 0 Å². The van der Waals surface area contributed by atoms with E-state index in [1.54, 1.807) is 24.3 Å². The predicted octanol–water partition coefficient (Wildman–Crippen LogP) is 3.67. The molecule has 3 heterocycles. The first kappa shape index (κ1) is 30.4. The number of likely N-dealkylation sites (tertiary alicyclic amines) is 2. The van der Waals surface area contributed by atoms with E-state index in [4.69, 9.17) is 9.47 Å². The van der Waals surface area contributed by atoms with Gasteiger partial charge in [-0.05, 0) is 55.5 Å². The van der Waals surface area contributed by atoms with Gasteiger partial charge in [-0.2, -0.15) is 13.2 Å². The van der Waals surface area contributed by atoms with Crippen LogP contribution in [0.2, 0.25) is 0 Å². The SMILES string of the molecule is O=C(Nc1cccc([C@@H]2O[C@H](CN3CCC[C@H]3CO)C[C@H](c3ccc(CO)cc3)O2)c1)[C@@H]1CCCN1C(=O)C(F)(F)F. The molecule has 0 aliphatic carbocycles. The minimum Gasteiger partial charge on any atom is -0.395 e. The van der Waals surface area contributed by atoms with Gasteiger partial charge < -0.3 is 29.9 Å². The maximum Gasteiger partial charge on any atom is 0.471 e. The third-order valence-corrected chi connectivity index (χ3v) is 8.25. The molecule has 2 amide bonds. The fourth-order valence-corrected chi connectivity index (χ4v) is 6.07. The van der Waals surface area contributed by atoms with Gasteiger partial charge in [-0.15, -0.1) is 0 Å². The minimum atomic E-state index is -5.05. The van der Waals surface area contributed by atoms with E-state index in [1.807, 2.05) is 24.3 Å². The summed E-state index contributed by atoms with van der Waals surface area (Å²) in [6.07, 6.45) is -3.45. The van der Waals surface area contributed by atoms with Crippen LogP contribution >= 0.6 is 0 Å². The summed E-state index contributed by atoms with van der Waals surface area (Å²) in [5.74, 6) is -2.69. The number of halogens is 3. The molecule has 3 N–H and O–H groups in total. The molecule has 2 aromatic rings. The van der Waals surface area contributed by atoms with E-state index in [2.05, 4.69) is 10.2 Å². The van der Waals surface area contributed by atoms with Crippen LogP contribution < -0.4 is 5.32 Å². The first-order valence-corrected chi connectivity index (χ1v) is 14.3. The Balaban J connectivity index is 1.33. The Morgan fingerprint density at radius 3 is 2.45 bits per heavy atom. The first-order valence-electron chi connectivity index (χ1n) is 14.3. The summed E-state index contributed by atoms with van der Waals surface area (Å²) < 4.78 is 51.9. The van der Waals surface area contributed by atoms with Crippen molar-refractivity contribution in [1.29, 1.82) is 0 Å². The number of hydrogen-bond donors (Lipinski definition) is 3. The second-order valence-corrected chi connectivity index (χ2v) is 11.1. The molecule has 9 nitrogen and oxygen atoms in total. The average Bonchev–Trinajstić information content (AvgIpc) is 3.66. The molecule has 5 atom stereocenters. The maximum absolute atomic E-state index is 13.0. The largest absolute Gasteiger partial charge is 0.471 e. The molecule has 0 aromatic heterocycles. The Labute approximate surface area is 242 Å². The number of benzene rings is 2. The summed E-state index contributed by atoms with van der Waals surface area (Å²) in [5.41, 5.74) is 2.67. The molecule has 0 saturated carbocycles. The zero-order valence-corrected chi connectivity index (χ0v) is 23.1. The van der Waals surface area contributed by atoms with Crippen molar-refractivity contribution in [2.45, 2.75) is 75.5 Å². The Morgan fingerprint density at radius 2 is 1.74 bits per heavy atom. The van der Waals surface area contributed by atoms with Gasteiger partial charge in [-0.25, -0.2) is 0 Å². The van der Waals surface area contributed by atoms with Crippen molar-refractivity contribution >= 4 is 17.5 Å². The van der Waals surface area contributed by atoms with Crippen LogP contribution in [0.15, 0.2) is 48.5 Å². The highest BCUT2D eigenvalue weighted by molar-refractivity contribution is 5.98. The molecular weight excluding hydrogens is 555 g/mol. The summed E-state index contributed by atoms with van der Waals surface area (Å²) in [6.45, 7) is 1.35. The van der Waals surface area contributed by atoms with Crippen molar-refractivity contribution in [2.75, 3.05) is 31.6 Å². The number of rotatable bonds is 8. The zero-order chi connectivity index (χ0) is 29.9. The van der Waals surface area contributed by atoms with Gasteiger partial charge in [0.2, 0.25) is 5.91 Å². The van der Waals surface area contributed by atoms with Crippen LogP contribution in [0, 0.1) is 0 Å². The van der Waals surface area contributed by atoms with E-state index in [0.29, 0.717) is 35.5 Å². The first-order chi connectivity index (χ1) is 20.2. The van der Waals surface area contributed by atoms with E-state index in [-0.39, 0.29) is 44.4 Å². The van der Waals surface area contributed by atoms with Crippen molar-refractivity contribution < 1.29 is 42.4 Å². The number of aliphatic hydroxyl groups is 2. The van der Waals surface area contributed by atoms with Gasteiger partial charge in [0.1, 0.15) is 6.04 Å². The lowest BCUT2D eigenvalue weighted by Crippen LogP contribution is -2.48. The molecule has 3 saturated heterocycles. The number of nitrogens with one attached hydrogen (secondary N) is 1. The molecule has 0 spiro atoms. The zero-order valence-electron chi connectivity index (χ0n) is 23.1. The van der Waals surface area contributed by atoms with Crippen LogP contribution in [0.1, 0.15) is 61.2 Å². The van der Waals surface area contributed by atoms with Gasteiger partial charge >= 0.3 is 12.1 Å². The van der Waals surface area contributed by atoms with E-state index < -0.39 is 30.3 Å². The molecule has 3 fully saturated rings. The van der Waals surface area contributed by atoms with Crippen LogP contribution in [0.4, 0.5) is 18.9 Å². The fraction of sp³-hybridized carbons (Fsp3) is 0.533. The van der Waals surface area contributed by atoms with E-state index in [1.165, 1.54) is 0 Å². The highest BCUT2D eigenvalue weighted by atomic mass is 19.4. The second-order valence-electron chi connectivity index (χ2n) is 11.1. The Hall–Kier alpha value is -3.03. The molecule has 42 heavy (non-hydrogen) atoms. The number of nitrogens with zero attached hydrogens (tertiary/aromatic N) is 2. The number of carbonyl (C=O) groups excluding carboxylic acids is 2. The van der Waals surface area contributed by atoms with Gasteiger partial charge in [0.05, 0.1) is 25.4 Å². The Kier molecular flexibility index (Phi) is 9.48. The molecule has 0 radical (unpaired) electrons. The third kappa shape index (κ3) is 6.95. The minimum absolute atomic E-state index is 0.0703. The molecule has 3 aliphatic heterocycles. The number of anilines is 1. The Bertz CT molecular complexity index is 1240. The molecular formula is C30H36F3N3O6. The summed E-state index contributed by atoms with van der Waals surface area (Å²) in [4.78, 5) is 27.6. The monoisotopic (exact) mass is 591 g/mol. The highest BCUT2D eigenvalue weighted by Crippen LogP contribution is 2.39. The third-order valence-electron chi connectivity index (χ3n) is 8.25. The smallest absolute Gasteiger partial charge is 0.395 e. The van der Waals surface area contributed by atoms with Gasteiger partial charge in [0, 0.05) is 36.8 Å². The van der Waals surface area contributed by atoms with Gasteiger partial charge in [-0.3, -0.25) is 14.5 Å². The molecule has 228 valence electrons. The van der Waals surface area contributed by atoms with Gasteiger partial charge in [0.25, 0.3) is 0 Å². The van der Waals surface area contributed by atoms with E-state index >= 15 is 0 Å². The van der Waals surface area contributed by atoms with Crippen molar-refractivity contribution in [3.63, 3.8) is 0 Å². The summed E-state index contributed by atoms with van der Waals surface area (Å²) in [7, 11) is 0. The quantitative estimate of drug-likeness (QED) is 0.430. The number of amides is 2. The lowest BCUT2D eigenvalue weighted by molar-refractivity contribution is -0.253. The molecule has 2 aromatic carbocycles. The number of carbonyl (C=O) groups is 2. The number of ether oxygens (including phenoxy) is 2. The van der Waals surface area contributed by atoms with Crippen molar-refractivity contribution in [2.24, 2.45) is 0 Å². The van der Waals surface area contributed by atoms with Crippen molar-refractivity contribution in [1.82, 2.24) is 9.80 Å². The topological polar surface area (TPSA) is 112 Å². The van der Waals surface area contributed by atoms with Crippen LogP contribution in [0.25, 0.3) is 0 Å². The van der Waals surface area contributed by atoms with Crippen LogP contribution in [0.5, 0.6) is 0 Å². The fourth-order valence-electron chi connectivity index (χ4n) is 6.07. The molecule has 12 heteroatoms. The van der Waals surface area contributed by atoms with E-state index in [0.717, 1.165) is 30.5 Å². The van der Waals surface area contributed by atoms with Crippen LogP contribution in [-0.4, -0.2) is 82.4 Å². The standard InChI is InChI=1S/C30H36F3N3O6/c31-30(32,33)29(40)36-13-3-7-25(36)27(39)34-22-5-1-4-21(14-22)28-41-24(16-35-12-2-6-23(35)18-38)15-26(42-28)20-10-8-19(17-37)9-11-20/h1,4-5,8-11,14,23-26,28,37-38H,2-3,6-7,12-13,15-18H2,(H,34,39)/t23-,24-,25-,26+,28+/m0/s1. The summed E-state index contributed by atoms with van der Waals surface area (Å²) in [6, 6.07) is 13.1. The summed E-state index contributed by atoms with van der Waals surface area (Å²) in [5, 5.41) is 21.9. The molecule has 5 rings (SSSR count).